The van der Waals surface area contributed by atoms with E-state index in [0.29, 0.717) is 12.1 Å². The van der Waals surface area contributed by atoms with Crippen molar-refractivity contribution in [3.63, 3.8) is 0 Å². The van der Waals surface area contributed by atoms with Crippen molar-refractivity contribution in [2.75, 3.05) is 6.54 Å². The summed E-state index contributed by atoms with van der Waals surface area (Å²) < 4.78 is 41.5. The molecule has 7 heteroatoms. The molecule has 0 amide bonds. The highest BCUT2D eigenvalue weighted by atomic mass is 32.1. The van der Waals surface area contributed by atoms with Crippen molar-refractivity contribution in [1.29, 1.82) is 0 Å². The molecule has 1 atom stereocenters. The van der Waals surface area contributed by atoms with Crippen LogP contribution in [0.5, 0.6) is 5.75 Å². The van der Waals surface area contributed by atoms with E-state index < -0.39 is 6.36 Å². The average Bonchev–Trinajstić information content (AvgIpc) is 2.89. The zero-order valence-electron chi connectivity index (χ0n) is 10.6. The molecule has 0 saturated carbocycles. The molecule has 0 spiro atoms. The van der Waals surface area contributed by atoms with Gasteiger partial charge in [0.05, 0.1) is 11.6 Å². The minimum Gasteiger partial charge on any atom is -0.405 e. The maximum Gasteiger partial charge on any atom is 0.573 e. The van der Waals surface area contributed by atoms with E-state index in [9.17, 15) is 13.2 Å². The number of nitrogens with one attached hydrogen (secondary N) is 1. The molecule has 1 aromatic heterocycles. The van der Waals surface area contributed by atoms with E-state index in [4.69, 9.17) is 0 Å². The fourth-order valence-corrected chi connectivity index (χ4v) is 2.58. The summed E-state index contributed by atoms with van der Waals surface area (Å²) in [5.41, 5.74) is 2.09. The Morgan fingerprint density at radius 3 is 2.70 bits per heavy atom. The van der Waals surface area contributed by atoms with E-state index in [0.717, 1.165) is 4.88 Å². The van der Waals surface area contributed by atoms with Gasteiger partial charge in [-0.05, 0) is 12.6 Å². The quantitative estimate of drug-likeness (QED) is 0.913. The van der Waals surface area contributed by atoms with E-state index in [1.165, 1.54) is 23.5 Å². The molecule has 0 saturated heterocycles. The second-order valence-electron chi connectivity index (χ2n) is 3.98. The summed E-state index contributed by atoms with van der Waals surface area (Å²) in [5.74, 6) is -0.195. The molecule has 2 aromatic rings. The van der Waals surface area contributed by atoms with E-state index in [1.54, 1.807) is 23.8 Å². The third kappa shape index (κ3) is 3.71. The summed E-state index contributed by atoms with van der Waals surface area (Å²) >= 11 is 1.38. The van der Waals surface area contributed by atoms with E-state index in [2.05, 4.69) is 15.0 Å². The Morgan fingerprint density at radius 2 is 2.10 bits per heavy atom. The Labute approximate surface area is 118 Å². The molecule has 0 aliphatic rings. The number of alkyl halides is 3. The Balaban J connectivity index is 2.38. The summed E-state index contributed by atoms with van der Waals surface area (Å²) in [6.07, 6.45) is -3.07. The molecule has 0 aliphatic carbocycles. The molecule has 0 fully saturated rings. The fraction of sp³-hybridized carbons (Fsp3) is 0.308. The standard InChI is InChI=1S/C13H13F3N2OS/c1-2-18-12(11-7-17-8-20-11)9-5-3-4-6-10(9)19-13(14,15)16/h3-8,12,18H,2H2,1H3. The van der Waals surface area contributed by atoms with E-state index >= 15 is 0 Å². The molecule has 0 radical (unpaired) electrons. The normalized spacial score (nSPS) is 13.2. The molecular formula is C13H13F3N2OS. The number of aromatic nitrogens is 1. The number of halogens is 3. The first kappa shape index (κ1) is 14.8. The van der Waals surface area contributed by atoms with Crippen LogP contribution >= 0.6 is 11.3 Å². The first-order valence-corrected chi connectivity index (χ1v) is 6.85. The lowest BCUT2D eigenvalue weighted by atomic mass is 10.0. The van der Waals surface area contributed by atoms with Crippen molar-refractivity contribution in [3.8, 4) is 5.75 Å². The summed E-state index contributed by atoms with van der Waals surface area (Å²) in [4.78, 5) is 4.81. The molecule has 2 rings (SSSR count). The van der Waals surface area contributed by atoms with Gasteiger partial charge in [-0.1, -0.05) is 25.1 Å². The molecule has 3 nitrogen and oxygen atoms in total. The number of hydrogen-bond acceptors (Lipinski definition) is 4. The third-order valence-electron chi connectivity index (χ3n) is 2.60. The number of benzene rings is 1. The van der Waals surface area contributed by atoms with Crippen LogP contribution in [0.2, 0.25) is 0 Å². The van der Waals surface area contributed by atoms with Crippen molar-refractivity contribution < 1.29 is 17.9 Å². The number of para-hydroxylation sites is 1. The van der Waals surface area contributed by atoms with Gasteiger partial charge in [0.2, 0.25) is 0 Å². The van der Waals surface area contributed by atoms with Gasteiger partial charge in [0.15, 0.2) is 0 Å². The molecule has 0 bridgehead atoms. The maximum atomic E-state index is 12.5. The number of rotatable bonds is 5. The van der Waals surface area contributed by atoms with Gasteiger partial charge >= 0.3 is 6.36 Å². The van der Waals surface area contributed by atoms with Crippen LogP contribution in [-0.2, 0) is 0 Å². The zero-order chi connectivity index (χ0) is 14.6. The summed E-state index contributed by atoms with van der Waals surface area (Å²) in [6.45, 7) is 2.50. The average molecular weight is 302 g/mol. The first-order valence-electron chi connectivity index (χ1n) is 5.97. The molecule has 1 unspecified atom stereocenters. The van der Waals surface area contributed by atoms with Crippen molar-refractivity contribution >= 4 is 11.3 Å². The highest BCUT2D eigenvalue weighted by Crippen LogP contribution is 2.34. The van der Waals surface area contributed by atoms with Crippen molar-refractivity contribution in [3.05, 3.63) is 46.4 Å². The third-order valence-corrected chi connectivity index (χ3v) is 3.44. The summed E-state index contributed by atoms with van der Waals surface area (Å²) in [6, 6.07) is 5.76. The van der Waals surface area contributed by atoms with Crippen LogP contribution < -0.4 is 10.1 Å². The highest BCUT2D eigenvalue weighted by Gasteiger charge is 2.33. The number of thiazole rings is 1. The van der Waals surface area contributed by atoms with Gasteiger partial charge < -0.3 is 10.1 Å². The molecule has 0 aliphatic heterocycles. The fourth-order valence-electron chi connectivity index (χ4n) is 1.87. The molecule has 20 heavy (non-hydrogen) atoms. The summed E-state index contributed by atoms with van der Waals surface area (Å²) in [7, 11) is 0. The van der Waals surface area contributed by atoms with Gasteiger partial charge in [0.1, 0.15) is 5.75 Å². The van der Waals surface area contributed by atoms with Gasteiger partial charge in [-0.25, -0.2) is 0 Å². The number of hydrogen-bond donors (Lipinski definition) is 1. The minimum atomic E-state index is -4.71. The Morgan fingerprint density at radius 1 is 1.35 bits per heavy atom. The SMILES string of the molecule is CCNC(c1cncs1)c1ccccc1OC(F)(F)F. The van der Waals surface area contributed by atoms with Gasteiger partial charge in [0, 0.05) is 16.6 Å². The molecule has 1 heterocycles. The van der Waals surface area contributed by atoms with Gasteiger partial charge in [-0.15, -0.1) is 24.5 Å². The maximum absolute atomic E-state index is 12.5. The minimum absolute atomic E-state index is 0.195. The predicted octanol–water partition coefficient (Wildman–Crippen LogP) is 3.74. The summed E-state index contributed by atoms with van der Waals surface area (Å²) in [5, 5.41) is 3.15. The van der Waals surface area contributed by atoms with Crippen molar-refractivity contribution in [1.82, 2.24) is 10.3 Å². The van der Waals surface area contributed by atoms with E-state index in [-0.39, 0.29) is 11.8 Å². The smallest absolute Gasteiger partial charge is 0.405 e. The zero-order valence-corrected chi connectivity index (χ0v) is 11.5. The highest BCUT2D eigenvalue weighted by molar-refractivity contribution is 7.09. The van der Waals surface area contributed by atoms with Gasteiger partial charge in [-0.3, -0.25) is 4.98 Å². The lowest BCUT2D eigenvalue weighted by molar-refractivity contribution is -0.275. The van der Waals surface area contributed by atoms with Crippen LogP contribution in [0.1, 0.15) is 23.4 Å². The molecule has 1 N–H and O–H groups in total. The van der Waals surface area contributed by atoms with E-state index in [1.807, 2.05) is 6.92 Å². The van der Waals surface area contributed by atoms with Crippen molar-refractivity contribution in [2.24, 2.45) is 0 Å². The Bertz CT molecular complexity index is 543. The lowest BCUT2D eigenvalue weighted by Crippen LogP contribution is -2.24. The Kier molecular flexibility index (Phi) is 4.61. The lowest BCUT2D eigenvalue weighted by Gasteiger charge is -2.20. The van der Waals surface area contributed by atoms with Crippen LogP contribution in [-0.4, -0.2) is 17.9 Å². The van der Waals surface area contributed by atoms with Crippen LogP contribution in [0, 0.1) is 0 Å². The van der Waals surface area contributed by atoms with Crippen LogP contribution in [0.4, 0.5) is 13.2 Å². The Hall–Kier alpha value is -1.60. The predicted molar refractivity (Wildman–Crippen MR) is 70.8 cm³/mol. The number of nitrogens with zero attached hydrogens (tertiary/aromatic N) is 1. The largest absolute Gasteiger partial charge is 0.573 e. The molecule has 108 valence electrons. The second kappa shape index (κ2) is 6.23. The van der Waals surface area contributed by atoms with Gasteiger partial charge in [-0.2, -0.15) is 0 Å². The monoisotopic (exact) mass is 302 g/mol. The first-order chi connectivity index (χ1) is 9.51. The number of ether oxygens (including phenoxy) is 1. The van der Waals surface area contributed by atoms with Crippen LogP contribution in [0.25, 0.3) is 0 Å². The van der Waals surface area contributed by atoms with Crippen LogP contribution in [0.15, 0.2) is 36.0 Å². The van der Waals surface area contributed by atoms with Gasteiger partial charge in [0.25, 0.3) is 0 Å². The topological polar surface area (TPSA) is 34.2 Å². The molecular weight excluding hydrogens is 289 g/mol. The van der Waals surface area contributed by atoms with Crippen LogP contribution in [0.3, 0.4) is 0 Å². The van der Waals surface area contributed by atoms with Crippen molar-refractivity contribution in [2.45, 2.75) is 19.3 Å². The molecule has 1 aromatic carbocycles. The second-order valence-corrected chi connectivity index (χ2v) is 4.90.